The zero-order valence-corrected chi connectivity index (χ0v) is 20.9. The van der Waals surface area contributed by atoms with Crippen LogP contribution in [0.15, 0.2) is 42.9 Å². The molecule has 0 bridgehead atoms. The van der Waals surface area contributed by atoms with Gasteiger partial charge in [-0.2, -0.15) is 4.98 Å². The third-order valence-electron chi connectivity index (χ3n) is 6.21. The highest BCUT2D eigenvalue weighted by Crippen LogP contribution is 2.31. The molecule has 3 aromatic rings. The second kappa shape index (κ2) is 10.8. The molecular formula is C27H37N7. The Hall–Kier alpha value is -3.22. The first-order valence-electron chi connectivity index (χ1n) is 12.5. The Morgan fingerprint density at radius 3 is 2.59 bits per heavy atom. The molecule has 1 aromatic carbocycles. The van der Waals surface area contributed by atoms with Gasteiger partial charge in [-0.25, -0.2) is 15.0 Å². The molecule has 0 amide bonds. The fourth-order valence-electron chi connectivity index (χ4n) is 4.23. The lowest BCUT2D eigenvalue weighted by Gasteiger charge is -2.24. The highest BCUT2D eigenvalue weighted by molar-refractivity contribution is 5.75. The van der Waals surface area contributed by atoms with Gasteiger partial charge >= 0.3 is 0 Å². The summed E-state index contributed by atoms with van der Waals surface area (Å²) in [4.78, 5) is 18.4. The molecule has 1 aliphatic carbocycles. The van der Waals surface area contributed by atoms with Crippen molar-refractivity contribution in [3.63, 3.8) is 0 Å². The van der Waals surface area contributed by atoms with Crippen molar-refractivity contribution < 1.29 is 0 Å². The summed E-state index contributed by atoms with van der Waals surface area (Å²) in [6, 6.07) is 10.9. The Labute approximate surface area is 203 Å². The quantitative estimate of drug-likeness (QED) is 0.352. The standard InChI is InChI=1S/C27H37N7/c1-5-14-28-26-29-17-22(25(34-26)33-20-11-7-6-8-12-20)23-16-24(31-18-30-23)32-21-13-9-10-19(15-21)27(2,3)4/h9-10,13,15-18,20H,5-8,11-12,14H2,1-4H3,(H,30,31,32)(H2,28,29,33,34). The van der Waals surface area contributed by atoms with Crippen molar-refractivity contribution in [2.45, 2.75) is 77.7 Å². The second-order valence-electron chi connectivity index (χ2n) is 10.1. The molecule has 4 rings (SSSR count). The topological polar surface area (TPSA) is 87.7 Å². The van der Waals surface area contributed by atoms with E-state index in [4.69, 9.17) is 4.98 Å². The molecule has 34 heavy (non-hydrogen) atoms. The van der Waals surface area contributed by atoms with E-state index in [-0.39, 0.29) is 5.41 Å². The largest absolute Gasteiger partial charge is 0.367 e. The molecule has 0 spiro atoms. The maximum atomic E-state index is 4.82. The van der Waals surface area contributed by atoms with Crippen LogP contribution >= 0.6 is 0 Å². The number of nitrogens with one attached hydrogen (secondary N) is 3. The smallest absolute Gasteiger partial charge is 0.224 e. The monoisotopic (exact) mass is 459 g/mol. The number of rotatable bonds is 8. The van der Waals surface area contributed by atoms with Crippen LogP contribution in [0.2, 0.25) is 0 Å². The van der Waals surface area contributed by atoms with Gasteiger partial charge in [0.1, 0.15) is 18.0 Å². The molecule has 0 unspecified atom stereocenters. The van der Waals surface area contributed by atoms with E-state index in [1.807, 2.05) is 12.3 Å². The Bertz CT molecular complexity index is 1080. The van der Waals surface area contributed by atoms with Crippen LogP contribution in [0.3, 0.4) is 0 Å². The summed E-state index contributed by atoms with van der Waals surface area (Å²) in [6.07, 6.45) is 10.6. The number of nitrogens with zero attached hydrogens (tertiary/aromatic N) is 4. The molecule has 0 atom stereocenters. The zero-order chi connectivity index (χ0) is 24.0. The van der Waals surface area contributed by atoms with E-state index in [0.717, 1.165) is 41.5 Å². The molecule has 7 nitrogen and oxygen atoms in total. The van der Waals surface area contributed by atoms with Crippen LogP contribution in [-0.4, -0.2) is 32.5 Å². The lowest BCUT2D eigenvalue weighted by atomic mass is 9.87. The van der Waals surface area contributed by atoms with Crippen molar-refractivity contribution in [2.24, 2.45) is 0 Å². The van der Waals surface area contributed by atoms with Crippen molar-refractivity contribution >= 4 is 23.3 Å². The van der Waals surface area contributed by atoms with Gasteiger partial charge in [0.25, 0.3) is 0 Å². The lowest BCUT2D eigenvalue weighted by Crippen LogP contribution is -2.23. The average molecular weight is 460 g/mol. The van der Waals surface area contributed by atoms with E-state index in [2.05, 4.69) is 82.9 Å². The maximum Gasteiger partial charge on any atom is 0.224 e. The maximum absolute atomic E-state index is 4.82. The molecule has 3 N–H and O–H groups in total. The van der Waals surface area contributed by atoms with Gasteiger partial charge in [-0.3, -0.25) is 0 Å². The van der Waals surface area contributed by atoms with Gasteiger partial charge in [0, 0.05) is 30.5 Å². The van der Waals surface area contributed by atoms with E-state index in [1.54, 1.807) is 6.33 Å². The van der Waals surface area contributed by atoms with Crippen LogP contribution in [0, 0.1) is 0 Å². The van der Waals surface area contributed by atoms with Gasteiger partial charge in [0.2, 0.25) is 5.95 Å². The van der Waals surface area contributed by atoms with Crippen molar-refractivity contribution in [2.75, 3.05) is 22.5 Å². The minimum absolute atomic E-state index is 0.0824. The molecule has 1 fully saturated rings. The number of benzene rings is 1. The molecule has 0 radical (unpaired) electrons. The highest BCUT2D eigenvalue weighted by Gasteiger charge is 2.18. The van der Waals surface area contributed by atoms with Crippen LogP contribution in [0.4, 0.5) is 23.3 Å². The molecule has 1 saturated carbocycles. The summed E-state index contributed by atoms with van der Waals surface area (Å²) in [5.74, 6) is 2.23. The number of hydrogen-bond acceptors (Lipinski definition) is 7. The Morgan fingerprint density at radius 1 is 1.00 bits per heavy atom. The second-order valence-corrected chi connectivity index (χ2v) is 10.1. The van der Waals surface area contributed by atoms with E-state index in [0.29, 0.717) is 12.0 Å². The normalized spacial score (nSPS) is 14.6. The van der Waals surface area contributed by atoms with Crippen molar-refractivity contribution in [1.82, 2.24) is 19.9 Å². The van der Waals surface area contributed by atoms with Crippen LogP contribution in [0.5, 0.6) is 0 Å². The van der Waals surface area contributed by atoms with Crippen LogP contribution in [0.25, 0.3) is 11.3 Å². The fraction of sp³-hybridized carbons (Fsp3) is 0.481. The van der Waals surface area contributed by atoms with Gasteiger partial charge in [-0.1, -0.05) is 59.1 Å². The third kappa shape index (κ3) is 6.22. The third-order valence-corrected chi connectivity index (χ3v) is 6.21. The van der Waals surface area contributed by atoms with Crippen LogP contribution in [0.1, 0.15) is 71.8 Å². The number of aromatic nitrogens is 4. The summed E-state index contributed by atoms with van der Waals surface area (Å²) in [5.41, 5.74) is 4.05. The first kappa shape index (κ1) is 23.9. The Morgan fingerprint density at radius 2 is 1.82 bits per heavy atom. The van der Waals surface area contributed by atoms with E-state index < -0.39 is 0 Å². The molecule has 2 heterocycles. The molecule has 0 saturated heterocycles. The minimum atomic E-state index is 0.0824. The SMILES string of the molecule is CCCNc1ncc(-c2cc(Nc3cccc(C(C)(C)C)c3)ncn2)c(NC2CCCCC2)n1. The summed E-state index contributed by atoms with van der Waals surface area (Å²) in [7, 11) is 0. The fourth-order valence-corrected chi connectivity index (χ4v) is 4.23. The highest BCUT2D eigenvalue weighted by atomic mass is 15.1. The summed E-state index contributed by atoms with van der Waals surface area (Å²) in [6.45, 7) is 9.63. The van der Waals surface area contributed by atoms with Gasteiger partial charge in [-0.15, -0.1) is 0 Å². The van der Waals surface area contributed by atoms with Crippen LogP contribution < -0.4 is 16.0 Å². The first-order chi connectivity index (χ1) is 16.4. The van der Waals surface area contributed by atoms with Crippen LogP contribution in [-0.2, 0) is 5.41 Å². The zero-order valence-electron chi connectivity index (χ0n) is 20.9. The predicted octanol–water partition coefficient (Wildman–Crippen LogP) is 6.54. The predicted molar refractivity (Wildman–Crippen MR) is 141 cm³/mol. The lowest BCUT2D eigenvalue weighted by molar-refractivity contribution is 0.462. The van der Waals surface area contributed by atoms with E-state index in [1.165, 1.54) is 37.7 Å². The van der Waals surface area contributed by atoms with E-state index in [9.17, 15) is 0 Å². The molecule has 2 aromatic heterocycles. The summed E-state index contributed by atoms with van der Waals surface area (Å²) in [5, 5.41) is 10.4. The average Bonchev–Trinajstić information content (AvgIpc) is 2.83. The van der Waals surface area contributed by atoms with Crippen molar-refractivity contribution in [3.8, 4) is 11.3 Å². The first-order valence-corrected chi connectivity index (χ1v) is 12.5. The molecular weight excluding hydrogens is 422 g/mol. The van der Waals surface area contributed by atoms with E-state index >= 15 is 0 Å². The molecule has 1 aliphatic rings. The Kier molecular flexibility index (Phi) is 7.60. The van der Waals surface area contributed by atoms with Crippen molar-refractivity contribution in [3.05, 3.63) is 48.4 Å². The summed E-state index contributed by atoms with van der Waals surface area (Å²) >= 11 is 0. The molecule has 180 valence electrons. The van der Waals surface area contributed by atoms with Gasteiger partial charge in [0.15, 0.2) is 0 Å². The molecule has 0 aliphatic heterocycles. The minimum Gasteiger partial charge on any atom is -0.367 e. The van der Waals surface area contributed by atoms with Crippen molar-refractivity contribution in [1.29, 1.82) is 0 Å². The number of anilines is 4. The van der Waals surface area contributed by atoms with Gasteiger partial charge in [0.05, 0.1) is 11.3 Å². The van der Waals surface area contributed by atoms with Gasteiger partial charge < -0.3 is 16.0 Å². The van der Waals surface area contributed by atoms with Gasteiger partial charge in [-0.05, 0) is 42.4 Å². The number of hydrogen-bond donors (Lipinski definition) is 3. The molecule has 7 heteroatoms. The Balaban J connectivity index is 1.61. The summed E-state index contributed by atoms with van der Waals surface area (Å²) < 4.78 is 0.